The van der Waals surface area contributed by atoms with Gasteiger partial charge in [0.2, 0.25) is 0 Å². The third-order valence-electron chi connectivity index (χ3n) is 3.91. The number of carbonyl (C=O) groups excluding carboxylic acids is 1. The topological polar surface area (TPSA) is 88.2 Å². The molecular formula is C19H19N3O3S2. The Morgan fingerprint density at radius 3 is 2.37 bits per heavy atom. The smallest absolute Gasteiger partial charge is 0.261 e. The van der Waals surface area contributed by atoms with Crippen LogP contribution in [0.1, 0.15) is 27.2 Å². The molecule has 1 aromatic heterocycles. The zero-order valence-corrected chi connectivity index (χ0v) is 16.7. The van der Waals surface area contributed by atoms with Crippen molar-refractivity contribution in [2.45, 2.75) is 25.7 Å². The van der Waals surface area contributed by atoms with Crippen molar-refractivity contribution in [3.05, 3.63) is 70.2 Å². The second-order valence-electron chi connectivity index (χ2n) is 6.20. The number of amides is 1. The molecule has 0 saturated carbocycles. The van der Waals surface area contributed by atoms with Crippen molar-refractivity contribution in [2.24, 2.45) is 0 Å². The third kappa shape index (κ3) is 4.53. The van der Waals surface area contributed by atoms with E-state index in [1.165, 1.54) is 23.5 Å². The Hall–Kier alpha value is -2.71. The monoisotopic (exact) mass is 401 g/mol. The van der Waals surface area contributed by atoms with Gasteiger partial charge in [-0.05, 0) is 50.6 Å². The highest BCUT2D eigenvalue weighted by Crippen LogP contribution is 2.21. The predicted molar refractivity (Wildman–Crippen MR) is 108 cm³/mol. The fourth-order valence-electron chi connectivity index (χ4n) is 2.42. The molecule has 1 heterocycles. The van der Waals surface area contributed by atoms with Gasteiger partial charge in [0.05, 0.1) is 10.6 Å². The van der Waals surface area contributed by atoms with Crippen LogP contribution in [0.2, 0.25) is 0 Å². The van der Waals surface area contributed by atoms with Crippen molar-refractivity contribution < 1.29 is 13.2 Å². The average molecular weight is 402 g/mol. The van der Waals surface area contributed by atoms with E-state index in [0.717, 1.165) is 11.3 Å². The van der Waals surface area contributed by atoms with Crippen LogP contribution in [0.3, 0.4) is 0 Å². The van der Waals surface area contributed by atoms with Gasteiger partial charge in [-0.3, -0.25) is 14.8 Å². The van der Waals surface area contributed by atoms with Crippen molar-refractivity contribution in [2.75, 3.05) is 10.0 Å². The van der Waals surface area contributed by atoms with Crippen LogP contribution in [0.5, 0.6) is 0 Å². The van der Waals surface area contributed by atoms with Gasteiger partial charge in [-0.2, -0.15) is 0 Å². The fourth-order valence-corrected chi connectivity index (χ4v) is 4.19. The van der Waals surface area contributed by atoms with E-state index in [0.29, 0.717) is 16.4 Å². The summed E-state index contributed by atoms with van der Waals surface area (Å²) in [5, 5.41) is 5.01. The summed E-state index contributed by atoms with van der Waals surface area (Å²) in [7, 11) is -3.81. The van der Waals surface area contributed by atoms with Crippen LogP contribution < -0.4 is 10.0 Å². The standard InChI is InChI=1S/C19H19N3O3S2/c1-12-4-7-15(8-5-12)22-27(24,25)16-9-6-13(2)17(10-16)18(23)21-19-20-14(3)11-26-19/h4-11,22H,1-3H3,(H,20,21,23). The number of aromatic nitrogens is 1. The molecule has 27 heavy (non-hydrogen) atoms. The molecule has 3 aromatic rings. The molecule has 8 heteroatoms. The van der Waals surface area contributed by atoms with Gasteiger partial charge < -0.3 is 0 Å². The second kappa shape index (κ2) is 7.50. The van der Waals surface area contributed by atoms with E-state index in [2.05, 4.69) is 15.0 Å². The molecule has 0 saturated heterocycles. The minimum Gasteiger partial charge on any atom is -0.298 e. The number of hydrogen-bond acceptors (Lipinski definition) is 5. The summed E-state index contributed by atoms with van der Waals surface area (Å²) >= 11 is 1.32. The summed E-state index contributed by atoms with van der Waals surface area (Å²) in [6.07, 6.45) is 0. The number of nitrogens with zero attached hydrogens (tertiary/aromatic N) is 1. The van der Waals surface area contributed by atoms with Crippen molar-refractivity contribution >= 4 is 38.1 Å². The lowest BCUT2D eigenvalue weighted by Crippen LogP contribution is -2.17. The highest BCUT2D eigenvalue weighted by Gasteiger charge is 2.19. The van der Waals surface area contributed by atoms with E-state index < -0.39 is 15.9 Å². The van der Waals surface area contributed by atoms with Crippen LogP contribution in [-0.2, 0) is 10.0 Å². The second-order valence-corrected chi connectivity index (χ2v) is 8.74. The molecule has 6 nitrogen and oxygen atoms in total. The maximum Gasteiger partial charge on any atom is 0.261 e. The minimum atomic E-state index is -3.81. The highest BCUT2D eigenvalue weighted by molar-refractivity contribution is 7.92. The Balaban J connectivity index is 1.87. The van der Waals surface area contributed by atoms with Crippen LogP contribution in [-0.4, -0.2) is 19.3 Å². The van der Waals surface area contributed by atoms with Gasteiger partial charge in [0, 0.05) is 16.6 Å². The number of carbonyl (C=O) groups is 1. The molecule has 0 aliphatic rings. The van der Waals surface area contributed by atoms with Gasteiger partial charge in [0.25, 0.3) is 15.9 Å². The first kappa shape index (κ1) is 19.1. The van der Waals surface area contributed by atoms with Crippen molar-refractivity contribution in [3.63, 3.8) is 0 Å². The van der Waals surface area contributed by atoms with Crippen molar-refractivity contribution in [3.8, 4) is 0 Å². The number of thiazole rings is 1. The number of sulfonamides is 1. The molecule has 0 aliphatic heterocycles. The summed E-state index contributed by atoms with van der Waals surface area (Å²) in [4.78, 5) is 16.8. The van der Waals surface area contributed by atoms with Gasteiger partial charge in [-0.25, -0.2) is 13.4 Å². The Labute approximate surface area is 162 Å². The molecule has 0 radical (unpaired) electrons. The van der Waals surface area contributed by atoms with Gasteiger partial charge in [0.1, 0.15) is 0 Å². The molecule has 140 valence electrons. The largest absolute Gasteiger partial charge is 0.298 e. The highest BCUT2D eigenvalue weighted by atomic mass is 32.2. The van der Waals surface area contributed by atoms with Crippen LogP contribution in [0.25, 0.3) is 0 Å². The number of aryl methyl sites for hydroxylation is 3. The normalized spacial score (nSPS) is 11.2. The minimum absolute atomic E-state index is 0.0224. The van der Waals surface area contributed by atoms with E-state index in [1.807, 2.05) is 31.4 Å². The van der Waals surface area contributed by atoms with E-state index in [9.17, 15) is 13.2 Å². The van der Waals surface area contributed by atoms with Crippen LogP contribution in [0.15, 0.2) is 52.7 Å². The number of benzene rings is 2. The van der Waals surface area contributed by atoms with Crippen LogP contribution in [0, 0.1) is 20.8 Å². The first-order valence-corrected chi connectivity index (χ1v) is 10.5. The lowest BCUT2D eigenvalue weighted by atomic mass is 10.1. The zero-order chi connectivity index (χ0) is 19.6. The summed E-state index contributed by atoms with van der Waals surface area (Å²) in [6, 6.07) is 11.5. The lowest BCUT2D eigenvalue weighted by Gasteiger charge is -2.11. The van der Waals surface area contributed by atoms with E-state index >= 15 is 0 Å². The molecule has 0 unspecified atom stereocenters. The predicted octanol–water partition coefficient (Wildman–Crippen LogP) is 4.12. The quantitative estimate of drug-likeness (QED) is 0.673. The molecule has 0 spiro atoms. The molecule has 0 bridgehead atoms. The summed E-state index contributed by atoms with van der Waals surface area (Å²) < 4.78 is 27.9. The average Bonchev–Trinajstić information content (AvgIpc) is 3.01. The summed E-state index contributed by atoms with van der Waals surface area (Å²) in [5.41, 5.74) is 3.27. The maximum absolute atomic E-state index is 12.7. The molecule has 2 N–H and O–H groups in total. The van der Waals surface area contributed by atoms with Crippen LogP contribution >= 0.6 is 11.3 Å². The molecule has 1 amide bonds. The Bertz CT molecular complexity index is 1090. The van der Waals surface area contributed by atoms with Gasteiger partial charge in [-0.1, -0.05) is 23.8 Å². The third-order valence-corrected chi connectivity index (χ3v) is 6.16. The zero-order valence-electron chi connectivity index (χ0n) is 15.1. The van der Waals surface area contributed by atoms with Gasteiger partial charge in [0.15, 0.2) is 5.13 Å². The Morgan fingerprint density at radius 2 is 1.74 bits per heavy atom. The lowest BCUT2D eigenvalue weighted by molar-refractivity contribution is 0.102. The maximum atomic E-state index is 12.7. The SMILES string of the molecule is Cc1ccc(NS(=O)(=O)c2ccc(C)c(C(=O)Nc3nc(C)cs3)c2)cc1. The van der Waals surface area contributed by atoms with Crippen LogP contribution in [0.4, 0.5) is 10.8 Å². The summed E-state index contributed by atoms with van der Waals surface area (Å²) in [5.74, 6) is -0.394. The van der Waals surface area contributed by atoms with Gasteiger partial charge in [-0.15, -0.1) is 11.3 Å². The number of rotatable bonds is 5. The number of nitrogens with one attached hydrogen (secondary N) is 2. The Morgan fingerprint density at radius 1 is 1.04 bits per heavy atom. The number of anilines is 2. The van der Waals surface area contributed by atoms with E-state index in [4.69, 9.17) is 0 Å². The molecular weight excluding hydrogens is 382 g/mol. The van der Waals surface area contributed by atoms with E-state index in [1.54, 1.807) is 25.1 Å². The molecule has 0 fully saturated rings. The first-order chi connectivity index (χ1) is 12.7. The first-order valence-electron chi connectivity index (χ1n) is 8.18. The summed E-state index contributed by atoms with van der Waals surface area (Å²) in [6.45, 7) is 5.51. The van der Waals surface area contributed by atoms with Gasteiger partial charge >= 0.3 is 0 Å². The number of hydrogen-bond donors (Lipinski definition) is 2. The van der Waals surface area contributed by atoms with E-state index in [-0.39, 0.29) is 10.5 Å². The Kier molecular flexibility index (Phi) is 5.29. The molecule has 0 aliphatic carbocycles. The van der Waals surface area contributed by atoms with Crippen molar-refractivity contribution in [1.29, 1.82) is 0 Å². The molecule has 3 rings (SSSR count). The molecule has 2 aromatic carbocycles. The van der Waals surface area contributed by atoms with Crippen molar-refractivity contribution in [1.82, 2.24) is 4.98 Å². The molecule has 0 atom stereocenters. The fraction of sp³-hybridized carbons (Fsp3) is 0.158.